The van der Waals surface area contributed by atoms with Crippen LogP contribution in [0.5, 0.6) is 5.75 Å². The predicted molar refractivity (Wildman–Crippen MR) is 84.2 cm³/mol. The fraction of sp³-hybridized carbons (Fsp3) is 0.200. The minimum Gasteiger partial charge on any atom is -0.495 e. The average Bonchev–Trinajstić information content (AvgIpc) is 2.47. The number of nitrogens with two attached hydrogens (primary N) is 1. The molecule has 112 valence electrons. The Kier molecular flexibility index (Phi) is 4.09. The van der Waals surface area contributed by atoms with Crippen LogP contribution in [0.15, 0.2) is 47.4 Å². The lowest BCUT2D eigenvalue weighted by Crippen LogP contribution is -2.27. The molecule has 0 aliphatic heterocycles. The van der Waals surface area contributed by atoms with Crippen molar-refractivity contribution in [3.05, 3.63) is 48.0 Å². The van der Waals surface area contributed by atoms with Gasteiger partial charge in [-0.1, -0.05) is 18.2 Å². The third-order valence-electron chi connectivity index (χ3n) is 3.31. The van der Waals surface area contributed by atoms with E-state index in [4.69, 9.17) is 10.5 Å². The van der Waals surface area contributed by atoms with Crippen molar-refractivity contribution in [2.24, 2.45) is 0 Å². The van der Waals surface area contributed by atoms with Crippen LogP contribution in [0.1, 0.15) is 5.56 Å². The summed E-state index contributed by atoms with van der Waals surface area (Å²) >= 11 is 0. The molecule has 0 aliphatic rings. The summed E-state index contributed by atoms with van der Waals surface area (Å²) in [6.45, 7) is 1.86. The molecule has 0 saturated carbocycles. The van der Waals surface area contributed by atoms with E-state index in [-0.39, 0.29) is 10.6 Å². The molecular weight excluding hydrogens is 288 g/mol. The molecule has 0 saturated heterocycles. The number of hydrogen-bond acceptors (Lipinski definition) is 4. The number of nitrogen functional groups attached to an aromatic ring is 1. The number of hydrogen-bond donors (Lipinski definition) is 1. The summed E-state index contributed by atoms with van der Waals surface area (Å²) < 4.78 is 31.6. The molecule has 2 aromatic carbocycles. The SMILES string of the molecule is COc1ccc(S(=O)(=O)N(C)c2ccccc2C)cc1N. The molecule has 2 N–H and O–H groups in total. The number of nitrogens with zero attached hydrogens (tertiary/aromatic N) is 1. The Morgan fingerprint density at radius 2 is 1.81 bits per heavy atom. The van der Waals surface area contributed by atoms with E-state index in [1.165, 1.54) is 30.6 Å². The minimum absolute atomic E-state index is 0.131. The van der Waals surface area contributed by atoms with E-state index in [2.05, 4.69) is 0 Å². The molecule has 6 heteroatoms. The van der Waals surface area contributed by atoms with Gasteiger partial charge in [-0.15, -0.1) is 0 Å². The Bertz CT molecular complexity index is 757. The van der Waals surface area contributed by atoms with Crippen LogP contribution < -0.4 is 14.8 Å². The molecule has 0 aliphatic carbocycles. The van der Waals surface area contributed by atoms with Crippen LogP contribution in [0.2, 0.25) is 0 Å². The number of rotatable bonds is 4. The van der Waals surface area contributed by atoms with Gasteiger partial charge in [0.15, 0.2) is 0 Å². The van der Waals surface area contributed by atoms with Gasteiger partial charge in [-0.05, 0) is 36.8 Å². The van der Waals surface area contributed by atoms with Crippen molar-refractivity contribution in [2.45, 2.75) is 11.8 Å². The Morgan fingerprint density at radius 1 is 1.14 bits per heavy atom. The van der Waals surface area contributed by atoms with E-state index in [1.807, 2.05) is 19.1 Å². The van der Waals surface area contributed by atoms with Gasteiger partial charge < -0.3 is 10.5 Å². The molecule has 0 heterocycles. The average molecular weight is 306 g/mol. The lowest BCUT2D eigenvalue weighted by Gasteiger charge is -2.21. The number of aryl methyl sites for hydroxylation is 1. The zero-order valence-electron chi connectivity index (χ0n) is 12.2. The summed E-state index contributed by atoms with van der Waals surface area (Å²) in [4.78, 5) is 0.131. The van der Waals surface area contributed by atoms with Gasteiger partial charge in [0.05, 0.1) is 23.4 Å². The first kappa shape index (κ1) is 15.2. The van der Waals surface area contributed by atoms with Gasteiger partial charge >= 0.3 is 0 Å². The molecule has 0 atom stereocenters. The summed E-state index contributed by atoms with van der Waals surface area (Å²) in [5, 5.41) is 0. The van der Waals surface area contributed by atoms with E-state index in [1.54, 1.807) is 18.2 Å². The van der Waals surface area contributed by atoms with Crippen LogP contribution in [-0.2, 0) is 10.0 Å². The van der Waals surface area contributed by atoms with E-state index in [0.717, 1.165) is 5.56 Å². The Morgan fingerprint density at radius 3 is 2.38 bits per heavy atom. The lowest BCUT2D eigenvalue weighted by atomic mass is 10.2. The van der Waals surface area contributed by atoms with Crippen molar-refractivity contribution in [1.29, 1.82) is 0 Å². The van der Waals surface area contributed by atoms with Crippen LogP contribution in [0.3, 0.4) is 0 Å². The molecule has 21 heavy (non-hydrogen) atoms. The van der Waals surface area contributed by atoms with E-state index >= 15 is 0 Å². The van der Waals surface area contributed by atoms with Crippen LogP contribution in [0.25, 0.3) is 0 Å². The summed E-state index contributed by atoms with van der Waals surface area (Å²) in [6.07, 6.45) is 0. The van der Waals surface area contributed by atoms with Crippen LogP contribution in [-0.4, -0.2) is 22.6 Å². The molecule has 0 unspecified atom stereocenters. The smallest absolute Gasteiger partial charge is 0.264 e. The van der Waals surface area contributed by atoms with Crippen molar-refractivity contribution >= 4 is 21.4 Å². The van der Waals surface area contributed by atoms with Gasteiger partial charge in [0, 0.05) is 7.05 Å². The Hall–Kier alpha value is -2.21. The van der Waals surface area contributed by atoms with Gasteiger partial charge in [0.2, 0.25) is 0 Å². The standard InChI is InChI=1S/C15H18N2O3S/c1-11-6-4-5-7-14(11)17(2)21(18,19)12-8-9-15(20-3)13(16)10-12/h4-10H,16H2,1-3H3. The van der Waals surface area contributed by atoms with Crippen LogP contribution in [0, 0.1) is 6.92 Å². The van der Waals surface area contributed by atoms with Gasteiger partial charge in [-0.25, -0.2) is 8.42 Å². The third kappa shape index (κ3) is 2.80. The summed E-state index contributed by atoms with van der Waals surface area (Å²) in [5.74, 6) is 0.451. The monoisotopic (exact) mass is 306 g/mol. The summed E-state index contributed by atoms with van der Waals surface area (Å²) in [6, 6.07) is 11.7. The quantitative estimate of drug-likeness (QED) is 0.880. The number of anilines is 2. The van der Waals surface area contributed by atoms with Gasteiger partial charge in [-0.3, -0.25) is 4.31 Å². The highest BCUT2D eigenvalue weighted by atomic mass is 32.2. The van der Waals surface area contributed by atoms with Crippen molar-refractivity contribution < 1.29 is 13.2 Å². The summed E-state index contributed by atoms with van der Waals surface area (Å²) in [5.41, 5.74) is 7.59. The summed E-state index contributed by atoms with van der Waals surface area (Å²) in [7, 11) is -0.653. The maximum Gasteiger partial charge on any atom is 0.264 e. The second-order valence-corrected chi connectivity index (χ2v) is 6.63. The number of sulfonamides is 1. The first-order chi connectivity index (χ1) is 9.87. The number of ether oxygens (including phenoxy) is 1. The molecule has 0 bridgehead atoms. The van der Waals surface area contributed by atoms with Crippen molar-refractivity contribution in [3.8, 4) is 5.75 Å². The zero-order valence-corrected chi connectivity index (χ0v) is 13.0. The molecule has 0 amide bonds. The predicted octanol–water partition coefficient (Wildman–Crippen LogP) is 2.41. The van der Waals surface area contributed by atoms with Crippen molar-refractivity contribution in [3.63, 3.8) is 0 Å². The first-order valence-electron chi connectivity index (χ1n) is 6.36. The molecule has 0 aromatic heterocycles. The first-order valence-corrected chi connectivity index (χ1v) is 7.80. The number of benzene rings is 2. The van der Waals surface area contributed by atoms with E-state index in [9.17, 15) is 8.42 Å². The molecule has 0 fully saturated rings. The highest BCUT2D eigenvalue weighted by molar-refractivity contribution is 7.92. The maximum absolute atomic E-state index is 12.7. The highest BCUT2D eigenvalue weighted by Gasteiger charge is 2.23. The van der Waals surface area contributed by atoms with E-state index in [0.29, 0.717) is 11.4 Å². The zero-order chi connectivity index (χ0) is 15.6. The highest BCUT2D eigenvalue weighted by Crippen LogP contribution is 2.29. The molecule has 5 nitrogen and oxygen atoms in total. The second-order valence-electron chi connectivity index (χ2n) is 4.66. The van der Waals surface area contributed by atoms with Gasteiger partial charge in [0.1, 0.15) is 5.75 Å². The molecule has 0 spiro atoms. The lowest BCUT2D eigenvalue weighted by molar-refractivity contribution is 0.416. The van der Waals surface area contributed by atoms with Crippen LogP contribution in [0.4, 0.5) is 11.4 Å². The number of methoxy groups -OCH3 is 1. The molecule has 2 aromatic rings. The minimum atomic E-state index is -3.66. The largest absolute Gasteiger partial charge is 0.495 e. The molecule has 0 radical (unpaired) electrons. The van der Waals surface area contributed by atoms with Gasteiger partial charge in [0.25, 0.3) is 10.0 Å². The topological polar surface area (TPSA) is 72.6 Å². The Balaban J connectivity index is 2.47. The third-order valence-corrected chi connectivity index (χ3v) is 5.08. The normalized spacial score (nSPS) is 11.2. The maximum atomic E-state index is 12.7. The van der Waals surface area contributed by atoms with Crippen molar-refractivity contribution in [2.75, 3.05) is 24.2 Å². The molecule has 2 rings (SSSR count). The fourth-order valence-electron chi connectivity index (χ4n) is 2.08. The van der Waals surface area contributed by atoms with Crippen LogP contribution >= 0.6 is 0 Å². The van der Waals surface area contributed by atoms with Crippen molar-refractivity contribution in [1.82, 2.24) is 0 Å². The van der Waals surface area contributed by atoms with E-state index < -0.39 is 10.0 Å². The second kappa shape index (κ2) is 5.65. The van der Waals surface area contributed by atoms with Gasteiger partial charge in [-0.2, -0.15) is 0 Å². The number of para-hydroxylation sites is 1. The fourth-order valence-corrected chi connectivity index (χ4v) is 3.37. The molecular formula is C15H18N2O3S. The Labute approximate surface area is 125 Å².